The largest absolute Gasteiger partial charge is 0.324 e. The average molecular weight is 426 g/mol. The van der Waals surface area contributed by atoms with Gasteiger partial charge in [0.15, 0.2) is 0 Å². The molecule has 0 radical (unpaired) electrons. The number of aromatic nitrogens is 2. The van der Waals surface area contributed by atoms with Gasteiger partial charge in [-0.3, -0.25) is 4.79 Å². The van der Waals surface area contributed by atoms with E-state index in [1.165, 1.54) is 0 Å². The second kappa shape index (κ2) is 5.93. The number of para-hydroxylation sites is 2. The summed E-state index contributed by atoms with van der Waals surface area (Å²) in [5, 5.41) is 4.03. The van der Waals surface area contributed by atoms with Gasteiger partial charge in [0.25, 0.3) is 0 Å². The molecule has 2 aliphatic rings. The molecule has 1 N–H and O–H groups in total. The topological polar surface area (TPSA) is 54.9 Å². The van der Waals surface area contributed by atoms with Gasteiger partial charge >= 0.3 is 0 Å². The molecule has 0 spiro atoms. The molecule has 2 aliphatic carbocycles. The highest BCUT2D eigenvalue weighted by Crippen LogP contribution is 2.70. The Balaban J connectivity index is 1.70. The first-order valence-electron chi connectivity index (χ1n) is 9.75. The minimum atomic E-state index is -0.778. The van der Waals surface area contributed by atoms with Crippen molar-refractivity contribution in [3.8, 4) is 0 Å². The minimum Gasteiger partial charge on any atom is -0.324 e. The molecule has 3 aromatic rings. The van der Waals surface area contributed by atoms with Crippen LogP contribution in [0.3, 0.4) is 0 Å². The fourth-order valence-electron chi connectivity index (χ4n) is 5.37. The van der Waals surface area contributed by atoms with E-state index in [9.17, 15) is 4.79 Å². The molecule has 29 heavy (non-hydrogen) atoms. The smallest absolute Gasteiger partial charge is 0.237 e. The molecule has 0 aliphatic heterocycles. The lowest BCUT2D eigenvalue weighted by Gasteiger charge is -2.39. The molecule has 1 fully saturated rings. The van der Waals surface area contributed by atoms with E-state index in [0.717, 1.165) is 35.3 Å². The predicted molar refractivity (Wildman–Crippen MR) is 117 cm³/mol. The number of fused-ring (bicyclic) bond motifs is 6. The monoisotopic (exact) mass is 425 g/mol. The maximum atomic E-state index is 13.8. The summed E-state index contributed by atoms with van der Waals surface area (Å²) in [5.41, 5.74) is 2.58. The van der Waals surface area contributed by atoms with Gasteiger partial charge in [-0.15, -0.1) is 0 Å². The van der Waals surface area contributed by atoms with Crippen molar-refractivity contribution in [2.75, 3.05) is 5.32 Å². The molecule has 2 aromatic carbocycles. The van der Waals surface area contributed by atoms with E-state index in [1.807, 2.05) is 24.3 Å². The summed E-state index contributed by atoms with van der Waals surface area (Å²) in [6.07, 6.45) is 1.61. The molecule has 4 nitrogen and oxygen atoms in total. The van der Waals surface area contributed by atoms with Crippen LogP contribution >= 0.6 is 23.2 Å². The normalized spacial score (nSPS) is 26.5. The summed E-state index contributed by atoms with van der Waals surface area (Å²) in [7, 11) is 0. The van der Waals surface area contributed by atoms with E-state index in [2.05, 4.69) is 26.1 Å². The molecule has 6 heteroatoms. The SMILES string of the molecule is CC1(C)[C@]2(C(=O)Nc3cc(Cl)ccc3Cl)CC[C@]1(C)c1nc3ccccc3nc12. The second-order valence-electron chi connectivity index (χ2n) is 8.85. The highest BCUT2D eigenvalue weighted by atomic mass is 35.5. The Hall–Kier alpha value is -2.17. The van der Waals surface area contributed by atoms with E-state index >= 15 is 0 Å². The standard InChI is InChI=1S/C23H21Cl2N3O/c1-21(2)22(3)10-11-23(21,20(29)28-17-12-13(24)8-9-14(17)25)19-18(22)26-15-6-4-5-7-16(15)27-19/h4-9,12H,10-11H2,1-3H3,(H,28,29)/t22-,23-/m1/s1. The van der Waals surface area contributed by atoms with Crippen molar-refractivity contribution >= 4 is 45.8 Å². The maximum Gasteiger partial charge on any atom is 0.237 e. The Morgan fingerprint density at radius 1 is 0.966 bits per heavy atom. The quantitative estimate of drug-likeness (QED) is 0.555. The van der Waals surface area contributed by atoms with Gasteiger partial charge in [0.05, 0.1) is 38.5 Å². The molecule has 1 amide bonds. The van der Waals surface area contributed by atoms with Crippen molar-refractivity contribution in [1.82, 2.24) is 9.97 Å². The lowest BCUT2D eigenvalue weighted by Crippen LogP contribution is -2.48. The van der Waals surface area contributed by atoms with E-state index in [4.69, 9.17) is 33.2 Å². The van der Waals surface area contributed by atoms with Crippen LogP contribution in [0.2, 0.25) is 10.0 Å². The lowest BCUT2D eigenvalue weighted by atomic mass is 9.63. The Kier molecular flexibility index (Phi) is 3.85. The van der Waals surface area contributed by atoms with E-state index < -0.39 is 5.41 Å². The molecule has 0 saturated heterocycles. The first kappa shape index (κ1) is 18.8. The lowest BCUT2D eigenvalue weighted by molar-refractivity contribution is -0.125. The van der Waals surface area contributed by atoms with Crippen LogP contribution in [0.4, 0.5) is 5.69 Å². The minimum absolute atomic E-state index is 0.0984. The number of hydrogen-bond donors (Lipinski definition) is 1. The Bertz CT molecular complexity index is 1190. The molecule has 148 valence electrons. The number of hydrogen-bond acceptors (Lipinski definition) is 3. The Labute approximate surface area is 179 Å². The van der Waals surface area contributed by atoms with Crippen molar-refractivity contribution < 1.29 is 4.79 Å². The van der Waals surface area contributed by atoms with Gasteiger partial charge in [-0.05, 0) is 48.6 Å². The van der Waals surface area contributed by atoms with Crippen LogP contribution in [0.15, 0.2) is 42.5 Å². The number of nitrogens with zero attached hydrogens (tertiary/aromatic N) is 2. The first-order valence-corrected chi connectivity index (χ1v) is 10.5. The van der Waals surface area contributed by atoms with Crippen LogP contribution < -0.4 is 5.32 Å². The van der Waals surface area contributed by atoms with Crippen molar-refractivity contribution in [1.29, 1.82) is 0 Å². The van der Waals surface area contributed by atoms with E-state index in [0.29, 0.717) is 15.7 Å². The van der Waals surface area contributed by atoms with Gasteiger partial charge in [-0.1, -0.05) is 56.1 Å². The van der Waals surface area contributed by atoms with Crippen LogP contribution in [0, 0.1) is 5.41 Å². The molecule has 1 heterocycles. The van der Waals surface area contributed by atoms with Gasteiger partial charge in [0.1, 0.15) is 0 Å². The van der Waals surface area contributed by atoms with Crippen molar-refractivity contribution in [3.05, 3.63) is 63.9 Å². The average Bonchev–Trinajstić information content (AvgIpc) is 2.99. The molecular weight excluding hydrogens is 405 g/mol. The first-order chi connectivity index (χ1) is 13.7. The molecule has 1 saturated carbocycles. The summed E-state index contributed by atoms with van der Waals surface area (Å²) in [4.78, 5) is 23.8. The maximum absolute atomic E-state index is 13.8. The molecular formula is C23H21Cl2N3O. The number of carbonyl (C=O) groups excluding carboxylic acids is 1. The second-order valence-corrected chi connectivity index (χ2v) is 9.69. The number of amides is 1. The van der Waals surface area contributed by atoms with Crippen molar-refractivity contribution in [3.63, 3.8) is 0 Å². The van der Waals surface area contributed by atoms with E-state index in [1.54, 1.807) is 18.2 Å². The summed E-state index contributed by atoms with van der Waals surface area (Å²) in [6.45, 7) is 6.53. The Morgan fingerprint density at radius 2 is 1.62 bits per heavy atom. The number of anilines is 1. The van der Waals surface area contributed by atoms with Crippen molar-refractivity contribution in [2.24, 2.45) is 5.41 Å². The van der Waals surface area contributed by atoms with Gasteiger partial charge in [-0.2, -0.15) is 0 Å². The molecule has 2 atom stereocenters. The highest BCUT2D eigenvalue weighted by Gasteiger charge is 2.73. The number of halogens is 2. The van der Waals surface area contributed by atoms with Gasteiger partial charge in [0.2, 0.25) is 5.91 Å². The molecule has 2 bridgehead atoms. The Morgan fingerprint density at radius 3 is 2.31 bits per heavy atom. The fourth-order valence-corrected chi connectivity index (χ4v) is 5.71. The molecule has 5 rings (SSSR count). The van der Waals surface area contributed by atoms with Gasteiger partial charge < -0.3 is 5.32 Å². The number of benzene rings is 2. The van der Waals surface area contributed by atoms with Crippen molar-refractivity contribution in [2.45, 2.75) is 44.4 Å². The molecule has 1 aromatic heterocycles. The third kappa shape index (κ3) is 2.25. The summed E-state index contributed by atoms with van der Waals surface area (Å²) in [5.74, 6) is -0.0984. The van der Waals surface area contributed by atoms with Crippen LogP contribution in [0.5, 0.6) is 0 Å². The third-order valence-corrected chi connectivity index (χ3v) is 8.07. The summed E-state index contributed by atoms with van der Waals surface area (Å²) in [6, 6.07) is 12.9. The van der Waals surface area contributed by atoms with Crippen LogP contribution in [0.1, 0.15) is 45.0 Å². The third-order valence-electron chi connectivity index (χ3n) is 7.51. The number of nitrogens with one attached hydrogen (secondary N) is 1. The summed E-state index contributed by atoms with van der Waals surface area (Å²) < 4.78 is 0. The van der Waals surface area contributed by atoms with Gasteiger partial charge in [-0.25, -0.2) is 9.97 Å². The summed E-state index contributed by atoms with van der Waals surface area (Å²) >= 11 is 12.5. The predicted octanol–water partition coefficient (Wildman–Crippen LogP) is 5.90. The van der Waals surface area contributed by atoms with Crippen LogP contribution in [-0.2, 0) is 15.6 Å². The van der Waals surface area contributed by atoms with E-state index in [-0.39, 0.29) is 16.7 Å². The zero-order valence-electron chi connectivity index (χ0n) is 16.5. The zero-order valence-corrected chi connectivity index (χ0v) is 18.0. The van der Waals surface area contributed by atoms with Gasteiger partial charge in [0, 0.05) is 10.4 Å². The zero-order chi connectivity index (χ0) is 20.6. The fraction of sp³-hybridized carbons (Fsp3) is 0.348. The van der Waals surface area contributed by atoms with Crippen LogP contribution in [0.25, 0.3) is 11.0 Å². The highest BCUT2D eigenvalue weighted by molar-refractivity contribution is 6.35. The molecule has 0 unspecified atom stereocenters. The number of rotatable bonds is 2. The number of carbonyl (C=O) groups is 1. The van der Waals surface area contributed by atoms with Crippen LogP contribution in [-0.4, -0.2) is 15.9 Å².